The predicted octanol–water partition coefficient (Wildman–Crippen LogP) is 4.73. The van der Waals surface area contributed by atoms with Crippen LogP contribution in [0.3, 0.4) is 0 Å². The number of para-hydroxylation sites is 1. The van der Waals surface area contributed by atoms with E-state index < -0.39 is 0 Å². The fourth-order valence-electron chi connectivity index (χ4n) is 3.66. The van der Waals surface area contributed by atoms with Gasteiger partial charge in [0, 0.05) is 5.38 Å². The molecule has 1 atom stereocenters. The zero-order valence-corrected chi connectivity index (χ0v) is 19.3. The number of aromatic nitrogens is 1. The summed E-state index contributed by atoms with van der Waals surface area (Å²) in [5.74, 6) is 2.57. The molecule has 1 unspecified atom stereocenters. The van der Waals surface area contributed by atoms with Crippen LogP contribution in [0.1, 0.15) is 35.9 Å². The van der Waals surface area contributed by atoms with Crippen molar-refractivity contribution in [2.45, 2.75) is 19.9 Å². The molecular formula is C24H26N2O5S. The van der Waals surface area contributed by atoms with Gasteiger partial charge in [0.25, 0.3) is 5.91 Å². The second-order valence-corrected chi connectivity index (χ2v) is 8.54. The van der Waals surface area contributed by atoms with E-state index in [9.17, 15) is 4.79 Å². The van der Waals surface area contributed by atoms with Crippen molar-refractivity contribution >= 4 is 17.2 Å². The SMILES string of the molecule is COc1cccc(-c2nc(C(=O)NC(c3ccc4c(c3)OCCO4)C(C)C)cs2)c1OC. The van der Waals surface area contributed by atoms with Gasteiger partial charge in [-0.15, -0.1) is 11.3 Å². The van der Waals surface area contributed by atoms with E-state index >= 15 is 0 Å². The predicted molar refractivity (Wildman–Crippen MR) is 123 cm³/mol. The minimum Gasteiger partial charge on any atom is -0.493 e. The molecule has 7 nitrogen and oxygen atoms in total. The minimum atomic E-state index is -0.233. The highest BCUT2D eigenvalue weighted by Gasteiger charge is 2.24. The van der Waals surface area contributed by atoms with Crippen LogP contribution in [0.2, 0.25) is 0 Å². The Morgan fingerprint density at radius 2 is 1.88 bits per heavy atom. The molecule has 168 valence electrons. The highest BCUT2D eigenvalue weighted by atomic mass is 32.1. The van der Waals surface area contributed by atoms with Gasteiger partial charge < -0.3 is 24.3 Å². The smallest absolute Gasteiger partial charge is 0.271 e. The van der Waals surface area contributed by atoms with Crippen molar-refractivity contribution in [2.24, 2.45) is 5.92 Å². The van der Waals surface area contributed by atoms with Crippen LogP contribution < -0.4 is 24.3 Å². The first-order valence-electron chi connectivity index (χ1n) is 10.4. The maximum atomic E-state index is 13.1. The lowest BCUT2D eigenvalue weighted by Gasteiger charge is -2.25. The zero-order chi connectivity index (χ0) is 22.7. The Labute approximate surface area is 191 Å². The number of nitrogens with zero attached hydrogens (tertiary/aromatic N) is 1. The van der Waals surface area contributed by atoms with Crippen molar-refractivity contribution < 1.29 is 23.7 Å². The number of amides is 1. The average Bonchev–Trinajstić information content (AvgIpc) is 3.31. The van der Waals surface area contributed by atoms with E-state index in [0.29, 0.717) is 41.2 Å². The molecule has 0 radical (unpaired) electrons. The summed E-state index contributed by atoms with van der Waals surface area (Å²) >= 11 is 1.39. The Morgan fingerprint density at radius 1 is 1.09 bits per heavy atom. The third kappa shape index (κ3) is 4.36. The molecule has 0 spiro atoms. The van der Waals surface area contributed by atoms with Crippen molar-refractivity contribution in [3.8, 4) is 33.6 Å². The van der Waals surface area contributed by atoms with E-state index in [1.807, 2.05) is 36.4 Å². The summed E-state index contributed by atoms with van der Waals surface area (Å²) in [6.07, 6.45) is 0. The van der Waals surface area contributed by atoms with E-state index in [1.54, 1.807) is 19.6 Å². The van der Waals surface area contributed by atoms with Crippen molar-refractivity contribution in [1.29, 1.82) is 0 Å². The number of hydrogen-bond donors (Lipinski definition) is 1. The van der Waals surface area contributed by atoms with Gasteiger partial charge in [-0.1, -0.05) is 26.0 Å². The quantitative estimate of drug-likeness (QED) is 0.556. The van der Waals surface area contributed by atoms with Crippen LogP contribution in [0.4, 0.5) is 0 Å². The molecule has 8 heteroatoms. The third-order valence-corrected chi connectivity index (χ3v) is 6.12. The number of carbonyl (C=O) groups excluding carboxylic acids is 1. The average molecular weight is 455 g/mol. The van der Waals surface area contributed by atoms with Crippen molar-refractivity contribution in [2.75, 3.05) is 27.4 Å². The fourth-order valence-corrected chi connectivity index (χ4v) is 4.48. The Kier molecular flexibility index (Phi) is 6.50. The lowest BCUT2D eigenvalue weighted by atomic mass is 9.95. The monoisotopic (exact) mass is 454 g/mol. The highest BCUT2D eigenvalue weighted by Crippen LogP contribution is 2.39. The normalized spacial score (nSPS) is 13.5. The molecule has 1 aromatic heterocycles. The molecule has 2 heterocycles. The molecule has 32 heavy (non-hydrogen) atoms. The molecule has 3 aromatic rings. The van der Waals surface area contributed by atoms with E-state index in [4.69, 9.17) is 18.9 Å². The van der Waals surface area contributed by atoms with Gasteiger partial charge in [-0.05, 0) is 35.7 Å². The minimum absolute atomic E-state index is 0.165. The molecule has 0 bridgehead atoms. The number of methoxy groups -OCH3 is 2. The zero-order valence-electron chi connectivity index (χ0n) is 18.5. The van der Waals surface area contributed by atoms with Crippen LogP contribution in [-0.4, -0.2) is 38.3 Å². The molecule has 1 aliphatic heterocycles. The van der Waals surface area contributed by atoms with E-state index in [-0.39, 0.29) is 17.9 Å². The van der Waals surface area contributed by atoms with E-state index in [0.717, 1.165) is 16.9 Å². The molecule has 2 aromatic carbocycles. The molecule has 1 aliphatic rings. The van der Waals surface area contributed by atoms with Crippen LogP contribution >= 0.6 is 11.3 Å². The van der Waals surface area contributed by atoms with Crippen LogP contribution in [0.25, 0.3) is 10.6 Å². The maximum absolute atomic E-state index is 13.1. The summed E-state index contributed by atoms with van der Waals surface area (Å²) in [5.41, 5.74) is 2.10. The first-order chi connectivity index (χ1) is 15.5. The molecular weight excluding hydrogens is 428 g/mol. The van der Waals surface area contributed by atoms with Crippen molar-refractivity contribution in [3.63, 3.8) is 0 Å². The Balaban J connectivity index is 1.57. The summed E-state index contributed by atoms with van der Waals surface area (Å²) in [6.45, 7) is 5.19. The molecule has 1 amide bonds. The molecule has 0 aliphatic carbocycles. The largest absolute Gasteiger partial charge is 0.493 e. The van der Waals surface area contributed by atoms with Gasteiger partial charge >= 0.3 is 0 Å². The maximum Gasteiger partial charge on any atom is 0.271 e. The Hall–Kier alpha value is -3.26. The standard InChI is InChI=1S/C24H26N2O5S/c1-14(2)21(15-8-9-18-20(12-15)31-11-10-30-18)26-23(27)17-13-32-24(25-17)16-6-5-7-19(28-3)22(16)29-4/h5-9,12-14,21H,10-11H2,1-4H3,(H,26,27). The second kappa shape index (κ2) is 9.48. The molecule has 0 saturated heterocycles. The van der Waals surface area contributed by atoms with Crippen LogP contribution in [0, 0.1) is 5.92 Å². The number of rotatable bonds is 7. The van der Waals surface area contributed by atoms with Gasteiger partial charge in [0.05, 0.1) is 25.8 Å². The number of thiazole rings is 1. The Bertz CT molecular complexity index is 1110. The first kappa shape index (κ1) is 22.0. The summed E-state index contributed by atoms with van der Waals surface area (Å²) in [4.78, 5) is 17.6. The van der Waals surface area contributed by atoms with Crippen molar-refractivity contribution in [3.05, 3.63) is 53.0 Å². The molecule has 0 saturated carbocycles. The van der Waals surface area contributed by atoms with Gasteiger partial charge in [0.2, 0.25) is 0 Å². The van der Waals surface area contributed by atoms with Crippen LogP contribution in [0.5, 0.6) is 23.0 Å². The van der Waals surface area contributed by atoms with Gasteiger partial charge in [-0.25, -0.2) is 4.98 Å². The van der Waals surface area contributed by atoms with Crippen LogP contribution in [-0.2, 0) is 0 Å². The van der Waals surface area contributed by atoms with Crippen molar-refractivity contribution in [1.82, 2.24) is 10.3 Å². The van der Waals surface area contributed by atoms with Crippen LogP contribution in [0.15, 0.2) is 41.8 Å². The number of hydrogen-bond acceptors (Lipinski definition) is 7. The Morgan fingerprint density at radius 3 is 2.59 bits per heavy atom. The van der Waals surface area contributed by atoms with Gasteiger partial charge in [0.15, 0.2) is 23.0 Å². The molecule has 1 N–H and O–H groups in total. The highest BCUT2D eigenvalue weighted by molar-refractivity contribution is 7.13. The van der Waals surface area contributed by atoms with E-state index in [1.165, 1.54) is 11.3 Å². The molecule has 4 rings (SSSR count). The number of ether oxygens (including phenoxy) is 4. The first-order valence-corrected chi connectivity index (χ1v) is 11.3. The summed E-state index contributed by atoms with van der Waals surface area (Å²) < 4.78 is 22.2. The molecule has 0 fully saturated rings. The summed E-state index contributed by atoms with van der Waals surface area (Å²) in [6, 6.07) is 11.2. The van der Waals surface area contributed by atoms with Gasteiger partial charge in [-0.2, -0.15) is 0 Å². The summed E-state index contributed by atoms with van der Waals surface area (Å²) in [7, 11) is 3.18. The topological polar surface area (TPSA) is 78.9 Å². The number of nitrogens with one attached hydrogen (secondary N) is 1. The number of benzene rings is 2. The summed E-state index contributed by atoms with van der Waals surface area (Å²) in [5, 5.41) is 5.57. The lowest BCUT2D eigenvalue weighted by Crippen LogP contribution is -2.32. The number of fused-ring (bicyclic) bond motifs is 1. The second-order valence-electron chi connectivity index (χ2n) is 7.68. The van der Waals surface area contributed by atoms with Gasteiger partial charge in [0.1, 0.15) is 23.9 Å². The lowest BCUT2D eigenvalue weighted by molar-refractivity contribution is 0.0921. The van der Waals surface area contributed by atoms with E-state index in [2.05, 4.69) is 24.1 Å². The van der Waals surface area contributed by atoms with Gasteiger partial charge in [-0.3, -0.25) is 4.79 Å². The third-order valence-electron chi connectivity index (χ3n) is 5.25. The number of carbonyl (C=O) groups is 1. The fraction of sp³-hybridized carbons (Fsp3) is 0.333.